The van der Waals surface area contributed by atoms with Crippen molar-refractivity contribution in [1.29, 1.82) is 0 Å². The van der Waals surface area contributed by atoms with Gasteiger partial charge in [0.25, 0.3) is 0 Å². The molecule has 100 valence electrons. The zero-order valence-electron chi connectivity index (χ0n) is 11.5. The maximum absolute atomic E-state index is 13.9. The SMILES string of the molecule is Cc1cccc(N(C)c2cccc(F)c2[C@@H](C)N)c1. The quantitative estimate of drug-likeness (QED) is 0.904. The Bertz CT molecular complexity index is 579. The number of benzene rings is 2. The van der Waals surface area contributed by atoms with E-state index in [0.29, 0.717) is 5.56 Å². The van der Waals surface area contributed by atoms with Crippen molar-refractivity contribution < 1.29 is 4.39 Å². The molecule has 0 heterocycles. The lowest BCUT2D eigenvalue weighted by atomic mass is 10.0. The van der Waals surface area contributed by atoms with Crippen LogP contribution in [0.4, 0.5) is 15.8 Å². The number of rotatable bonds is 3. The molecule has 0 bridgehead atoms. The minimum absolute atomic E-state index is 0.257. The minimum Gasteiger partial charge on any atom is -0.344 e. The molecule has 0 aliphatic heterocycles. The summed E-state index contributed by atoms with van der Waals surface area (Å²) in [5.74, 6) is -0.257. The molecule has 2 aromatic carbocycles. The third kappa shape index (κ3) is 2.76. The molecule has 0 amide bonds. The zero-order chi connectivity index (χ0) is 14.0. The van der Waals surface area contributed by atoms with Crippen LogP contribution in [0.5, 0.6) is 0 Å². The van der Waals surface area contributed by atoms with Gasteiger partial charge in [-0.25, -0.2) is 4.39 Å². The average molecular weight is 258 g/mol. The van der Waals surface area contributed by atoms with E-state index in [9.17, 15) is 4.39 Å². The smallest absolute Gasteiger partial charge is 0.130 e. The lowest BCUT2D eigenvalue weighted by molar-refractivity contribution is 0.594. The predicted molar refractivity (Wildman–Crippen MR) is 78.2 cm³/mol. The van der Waals surface area contributed by atoms with Crippen LogP contribution in [0.15, 0.2) is 42.5 Å². The second kappa shape index (κ2) is 5.41. The number of nitrogens with two attached hydrogens (primary N) is 1. The van der Waals surface area contributed by atoms with E-state index in [4.69, 9.17) is 5.73 Å². The van der Waals surface area contributed by atoms with Crippen LogP contribution in [0.3, 0.4) is 0 Å². The molecule has 3 heteroatoms. The van der Waals surface area contributed by atoms with Gasteiger partial charge in [-0.05, 0) is 43.7 Å². The molecule has 0 saturated heterocycles. The Balaban J connectivity index is 2.50. The van der Waals surface area contributed by atoms with E-state index in [0.717, 1.165) is 11.4 Å². The van der Waals surface area contributed by atoms with Gasteiger partial charge in [0.15, 0.2) is 0 Å². The number of halogens is 1. The van der Waals surface area contributed by atoms with Crippen LogP contribution in [-0.4, -0.2) is 7.05 Å². The van der Waals surface area contributed by atoms with Gasteiger partial charge in [-0.1, -0.05) is 18.2 Å². The average Bonchev–Trinajstić information content (AvgIpc) is 2.37. The van der Waals surface area contributed by atoms with E-state index < -0.39 is 0 Å². The first-order chi connectivity index (χ1) is 9.00. The first kappa shape index (κ1) is 13.6. The van der Waals surface area contributed by atoms with Gasteiger partial charge >= 0.3 is 0 Å². The predicted octanol–water partition coefficient (Wildman–Crippen LogP) is 3.92. The van der Waals surface area contributed by atoms with Crippen molar-refractivity contribution in [3.8, 4) is 0 Å². The fourth-order valence-corrected chi connectivity index (χ4v) is 2.24. The van der Waals surface area contributed by atoms with Crippen LogP contribution >= 0.6 is 0 Å². The van der Waals surface area contributed by atoms with Crippen molar-refractivity contribution in [2.45, 2.75) is 19.9 Å². The Labute approximate surface area is 113 Å². The number of aryl methyl sites for hydroxylation is 1. The fraction of sp³-hybridized carbons (Fsp3) is 0.250. The van der Waals surface area contributed by atoms with E-state index in [1.54, 1.807) is 13.0 Å². The van der Waals surface area contributed by atoms with E-state index >= 15 is 0 Å². The topological polar surface area (TPSA) is 29.3 Å². The molecule has 2 rings (SSSR count). The molecule has 2 aromatic rings. The number of hydrogen-bond donors (Lipinski definition) is 1. The molecule has 0 saturated carbocycles. The Morgan fingerprint density at radius 3 is 2.47 bits per heavy atom. The number of hydrogen-bond acceptors (Lipinski definition) is 2. The highest BCUT2D eigenvalue weighted by Crippen LogP contribution is 2.32. The lowest BCUT2D eigenvalue weighted by Crippen LogP contribution is -2.17. The summed E-state index contributed by atoms with van der Waals surface area (Å²) in [5.41, 5.74) is 9.44. The molecule has 0 aliphatic rings. The Hall–Kier alpha value is -1.87. The van der Waals surface area contributed by atoms with Crippen molar-refractivity contribution in [3.05, 3.63) is 59.4 Å². The summed E-state index contributed by atoms with van der Waals surface area (Å²) in [6, 6.07) is 12.8. The van der Waals surface area contributed by atoms with E-state index in [-0.39, 0.29) is 11.9 Å². The summed E-state index contributed by atoms with van der Waals surface area (Å²) in [6.45, 7) is 3.83. The van der Waals surface area contributed by atoms with Gasteiger partial charge in [0.2, 0.25) is 0 Å². The maximum atomic E-state index is 13.9. The summed E-state index contributed by atoms with van der Waals surface area (Å²) < 4.78 is 13.9. The van der Waals surface area contributed by atoms with Crippen LogP contribution in [0, 0.1) is 12.7 Å². The highest BCUT2D eigenvalue weighted by molar-refractivity contribution is 5.67. The maximum Gasteiger partial charge on any atom is 0.130 e. The summed E-state index contributed by atoms with van der Waals surface area (Å²) in [5, 5.41) is 0. The fourth-order valence-electron chi connectivity index (χ4n) is 2.24. The molecular formula is C16H19FN2. The van der Waals surface area contributed by atoms with E-state index in [2.05, 4.69) is 6.07 Å². The normalized spacial score (nSPS) is 12.3. The molecule has 19 heavy (non-hydrogen) atoms. The molecule has 2 nitrogen and oxygen atoms in total. The molecule has 0 spiro atoms. The summed E-state index contributed by atoms with van der Waals surface area (Å²) >= 11 is 0. The lowest BCUT2D eigenvalue weighted by Gasteiger charge is -2.24. The van der Waals surface area contributed by atoms with E-state index in [1.165, 1.54) is 11.6 Å². The number of nitrogens with zero attached hydrogens (tertiary/aromatic N) is 1. The van der Waals surface area contributed by atoms with Gasteiger partial charge < -0.3 is 10.6 Å². The summed E-state index contributed by atoms with van der Waals surface area (Å²) in [6.07, 6.45) is 0. The summed E-state index contributed by atoms with van der Waals surface area (Å²) in [4.78, 5) is 1.97. The molecule has 1 atom stereocenters. The Kier molecular flexibility index (Phi) is 3.86. The van der Waals surface area contributed by atoms with Gasteiger partial charge in [0.1, 0.15) is 5.82 Å². The minimum atomic E-state index is -0.344. The van der Waals surface area contributed by atoms with Gasteiger partial charge in [0.05, 0.1) is 0 Å². The molecule has 2 N–H and O–H groups in total. The van der Waals surface area contributed by atoms with Crippen LogP contribution in [0.2, 0.25) is 0 Å². The van der Waals surface area contributed by atoms with Crippen molar-refractivity contribution >= 4 is 11.4 Å². The molecule has 0 aliphatic carbocycles. The Morgan fingerprint density at radius 1 is 1.16 bits per heavy atom. The molecule has 0 unspecified atom stereocenters. The second-order valence-electron chi connectivity index (χ2n) is 4.86. The van der Waals surface area contributed by atoms with E-state index in [1.807, 2.05) is 43.1 Å². The summed E-state index contributed by atoms with van der Waals surface area (Å²) in [7, 11) is 1.93. The zero-order valence-corrected chi connectivity index (χ0v) is 11.5. The molecule has 0 radical (unpaired) electrons. The van der Waals surface area contributed by atoms with Crippen LogP contribution in [-0.2, 0) is 0 Å². The van der Waals surface area contributed by atoms with Gasteiger partial charge in [-0.15, -0.1) is 0 Å². The first-order valence-corrected chi connectivity index (χ1v) is 6.35. The van der Waals surface area contributed by atoms with Crippen molar-refractivity contribution in [3.63, 3.8) is 0 Å². The van der Waals surface area contributed by atoms with Crippen LogP contribution in [0.1, 0.15) is 24.1 Å². The monoisotopic (exact) mass is 258 g/mol. The van der Waals surface area contributed by atoms with Crippen molar-refractivity contribution in [2.24, 2.45) is 5.73 Å². The number of anilines is 2. The van der Waals surface area contributed by atoms with Crippen LogP contribution < -0.4 is 10.6 Å². The third-order valence-electron chi connectivity index (χ3n) is 3.24. The van der Waals surface area contributed by atoms with Gasteiger partial charge in [-0.3, -0.25) is 0 Å². The molecule has 0 fully saturated rings. The van der Waals surface area contributed by atoms with Crippen molar-refractivity contribution in [2.75, 3.05) is 11.9 Å². The largest absolute Gasteiger partial charge is 0.344 e. The van der Waals surface area contributed by atoms with Gasteiger partial charge in [-0.2, -0.15) is 0 Å². The molecule has 0 aromatic heterocycles. The standard InChI is InChI=1S/C16H19FN2/c1-11-6-4-7-13(10-11)19(3)15-9-5-8-14(17)16(15)12(2)18/h4-10,12H,18H2,1-3H3/t12-/m1/s1. The van der Waals surface area contributed by atoms with Crippen LogP contribution in [0.25, 0.3) is 0 Å². The first-order valence-electron chi connectivity index (χ1n) is 6.35. The molecular weight excluding hydrogens is 239 g/mol. The highest BCUT2D eigenvalue weighted by atomic mass is 19.1. The third-order valence-corrected chi connectivity index (χ3v) is 3.24. The second-order valence-corrected chi connectivity index (χ2v) is 4.86. The Morgan fingerprint density at radius 2 is 1.84 bits per heavy atom. The van der Waals surface area contributed by atoms with Crippen molar-refractivity contribution in [1.82, 2.24) is 0 Å². The van der Waals surface area contributed by atoms with Gasteiger partial charge in [0, 0.05) is 30.0 Å². The highest BCUT2D eigenvalue weighted by Gasteiger charge is 2.16.